The molecule has 0 radical (unpaired) electrons. The summed E-state index contributed by atoms with van der Waals surface area (Å²) in [7, 11) is 0. The van der Waals surface area contributed by atoms with Gasteiger partial charge in [-0.25, -0.2) is 0 Å². The Hall–Kier alpha value is -1.90. The van der Waals surface area contributed by atoms with Crippen molar-refractivity contribution in [1.82, 2.24) is 0 Å². The van der Waals surface area contributed by atoms with Gasteiger partial charge in [-0.05, 0) is 36.8 Å². The maximum atomic E-state index is 9.24. The highest BCUT2D eigenvalue weighted by Gasteiger charge is 2.11. The summed E-state index contributed by atoms with van der Waals surface area (Å²) in [6.07, 6.45) is 4.77. The Balaban J connectivity index is 2.02. The monoisotopic (exact) mass is 232 g/mol. The SMILES string of the molecule is CC(OC1=CC=C(O)CC1)c1ccc(O)cc1. The zero-order chi connectivity index (χ0) is 12.3. The zero-order valence-corrected chi connectivity index (χ0v) is 9.76. The summed E-state index contributed by atoms with van der Waals surface area (Å²) in [6.45, 7) is 1.96. The number of aliphatic hydroxyl groups is 1. The molecule has 2 rings (SSSR count). The quantitative estimate of drug-likeness (QED) is 0.837. The summed E-state index contributed by atoms with van der Waals surface area (Å²) >= 11 is 0. The van der Waals surface area contributed by atoms with E-state index in [-0.39, 0.29) is 11.9 Å². The summed E-state index contributed by atoms with van der Waals surface area (Å²) in [5, 5.41) is 18.4. The van der Waals surface area contributed by atoms with E-state index in [9.17, 15) is 10.2 Å². The molecule has 3 heteroatoms. The number of aliphatic hydroxyl groups excluding tert-OH is 1. The van der Waals surface area contributed by atoms with Crippen LogP contribution in [0.5, 0.6) is 5.75 Å². The number of hydrogen-bond acceptors (Lipinski definition) is 3. The highest BCUT2D eigenvalue weighted by Crippen LogP contribution is 2.26. The number of phenolic OH excluding ortho intramolecular Hbond substituents is 1. The van der Waals surface area contributed by atoms with Gasteiger partial charge >= 0.3 is 0 Å². The van der Waals surface area contributed by atoms with Crippen LogP contribution in [0.4, 0.5) is 0 Å². The summed E-state index contributed by atoms with van der Waals surface area (Å²) in [6, 6.07) is 6.99. The summed E-state index contributed by atoms with van der Waals surface area (Å²) in [5.74, 6) is 1.53. The predicted molar refractivity (Wildman–Crippen MR) is 65.6 cm³/mol. The van der Waals surface area contributed by atoms with Crippen LogP contribution in [-0.2, 0) is 4.74 Å². The fourth-order valence-electron chi connectivity index (χ4n) is 1.75. The molecule has 0 fully saturated rings. The maximum Gasteiger partial charge on any atom is 0.120 e. The smallest absolute Gasteiger partial charge is 0.120 e. The predicted octanol–water partition coefficient (Wildman–Crippen LogP) is 3.59. The number of hydrogen-bond donors (Lipinski definition) is 2. The van der Waals surface area contributed by atoms with Gasteiger partial charge in [0.15, 0.2) is 0 Å². The number of phenols is 1. The topological polar surface area (TPSA) is 49.7 Å². The molecular weight excluding hydrogens is 216 g/mol. The fraction of sp³-hybridized carbons (Fsp3) is 0.286. The molecular formula is C14H16O3. The van der Waals surface area contributed by atoms with E-state index >= 15 is 0 Å². The van der Waals surface area contributed by atoms with Crippen LogP contribution in [0.15, 0.2) is 47.9 Å². The molecule has 1 aromatic rings. The molecule has 0 spiro atoms. The van der Waals surface area contributed by atoms with Crippen LogP contribution in [0.2, 0.25) is 0 Å². The van der Waals surface area contributed by atoms with Crippen molar-refractivity contribution in [1.29, 1.82) is 0 Å². The van der Waals surface area contributed by atoms with E-state index in [1.54, 1.807) is 24.3 Å². The number of ether oxygens (including phenoxy) is 1. The maximum absolute atomic E-state index is 9.24. The Bertz CT molecular complexity index is 443. The number of benzene rings is 1. The molecule has 2 N–H and O–H groups in total. The second kappa shape index (κ2) is 4.95. The van der Waals surface area contributed by atoms with Gasteiger partial charge in [0, 0.05) is 12.8 Å². The van der Waals surface area contributed by atoms with E-state index in [0.29, 0.717) is 12.2 Å². The molecule has 1 atom stereocenters. The highest BCUT2D eigenvalue weighted by molar-refractivity contribution is 5.27. The molecule has 1 aliphatic carbocycles. The molecule has 0 saturated heterocycles. The largest absolute Gasteiger partial charge is 0.512 e. The number of allylic oxidation sites excluding steroid dienone is 4. The summed E-state index contributed by atoms with van der Waals surface area (Å²) in [5.41, 5.74) is 1.02. The minimum absolute atomic E-state index is 0.0597. The fourth-order valence-corrected chi connectivity index (χ4v) is 1.75. The van der Waals surface area contributed by atoms with Gasteiger partial charge in [-0.15, -0.1) is 0 Å². The first-order chi connectivity index (χ1) is 8.15. The highest BCUT2D eigenvalue weighted by atomic mass is 16.5. The minimum atomic E-state index is -0.0597. The van der Waals surface area contributed by atoms with Crippen molar-refractivity contribution in [3.8, 4) is 5.75 Å². The summed E-state index contributed by atoms with van der Waals surface area (Å²) in [4.78, 5) is 0. The van der Waals surface area contributed by atoms with Gasteiger partial charge < -0.3 is 14.9 Å². The van der Waals surface area contributed by atoms with Crippen molar-refractivity contribution in [2.45, 2.75) is 25.9 Å². The van der Waals surface area contributed by atoms with E-state index in [0.717, 1.165) is 17.7 Å². The van der Waals surface area contributed by atoms with E-state index in [1.165, 1.54) is 0 Å². The molecule has 0 heterocycles. The lowest BCUT2D eigenvalue weighted by atomic mass is 10.1. The molecule has 17 heavy (non-hydrogen) atoms. The Morgan fingerprint density at radius 3 is 2.35 bits per heavy atom. The Labute approximate surface area is 101 Å². The van der Waals surface area contributed by atoms with Crippen molar-refractivity contribution in [3.63, 3.8) is 0 Å². The molecule has 3 nitrogen and oxygen atoms in total. The van der Waals surface area contributed by atoms with Crippen molar-refractivity contribution < 1.29 is 14.9 Å². The average molecular weight is 232 g/mol. The Morgan fingerprint density at radius 2 is 1.76 bits per heavy atom. The third-order valence-corrected chi connectivity index (χ3v) is 2.78. The van der Waals surface area contributed by atoms with E-state index in [1.807, 2.05) is 19.1 Å². The molecule has 0 saturated carbocycles. The molecule has 0 aliphatic heterocycles. The van der Waals surface area contributed by atoms with Crippen molar-refractivity contribution in [3.05, 3.63) is 53.5 Å². The van der Waals surface area contributed by atoms with Crippen LogP contribution < -0.4 is 0 Å². The van der Waals surface area contributed by atoms with Gasteiger partial charge in [0.1, 0.15) is 11.9 Å². The van der Waals surface area contributed by atoms with Crippen LogP contribution >= 0.6 is 0 Å². The van der Waals surface area contributed by atoms with Gasteiger partial charge in [0.05, 0.1) is 11.5 Å². The molecule has 0 aromatic heterocycles. The van der Waals surface area contributed by atoms with E-state index < -0.39 is 0 Å². The Morgan fingerprint density at radius 1 is 1.06 bits per heavy atom. The van der Waals surface area contributed by atoms with Gasteiger partial charge in [0.25, 0.3) is 0 Å². The van der Waals surface area contributed by atoms with Crippen molar-refractivity contribution in [2.24, 2.45) is 0 Å². The van der Waals surface area contributed by atoms with Gasteiger partial charge in [0.2, 0.25) is 0 Å². The minimum Gasteiger partial charge on any atom is -0.512 e. The lowest BCUT2D eigenvalue weighted by molar-refractivity contribution is 0.123. The lowest BCUT2D eigenvalue weighted by Gasteiger charge is -2.19. The second-order valence-corrected chi connectivity index (χ2v) is 4.14. The first kappa shape index (κ1) is 11.6. The normalized spacial score (nSPS) is 17.0. The van der Waals surface area contributed by atoms with Gasteiger partial charge in [-0.2, -0.15) is 0 Å². The Kier molecular flexibility index (Phi) is 3.38. The molecule has 1 aliphatic rings. The van der Waals surface area contributed by atoms with Gasteiger partial charge in [-0.3, -0.25) is 0 Å². The molecule has 1 aromatic carbocycles. The summed E-state index contributed by atoms with van der Waals surface area (Å²) < 4.78 is 5.79. The van der Waals surface area contributed by atoms with Crippen molar-refractivity contribution in [2.75, 3.05) is 0 Å². The third kappa shape index (κ3) is 3.03. The van der Waals surface area contributed by atoms with Crippen LogP contribution in [0.3, 0.4) is 0 Å². The number of rotatable bonds is 3. The average Bonchev–Trinajstić information content (AvgIpc) is 2.33. The number of aromatic hydroxyl groups is 1. The lowest BCUT2D eigenvalue weighted by Crippen LogP contribution is -2.02. The third-order valence-electron chi connectivity index (χ3n) is 2.78. The van der Waals surface area contributed by atoms with Crippen LogP contribution in [0.1, 0.15) is 31.4 Å². The molecule has 90 valence electrons. The van der Waals surface area contributed by atoms with E-state index in [4.69, 9.17) is 4.74 Å². The first-order valence-electron chi connectivity index (χ1n) is 5.69. The first-order valence-corrected chi connectivity index (χ1v) is 5.69. The molecule has 1 unspecified atom stereocenters. The van der Waals surface area contributed by atoms with Gasteiger partial charge in [-0.1, -0.05) is 12.1 Å². The molecule has 0 amide bonds. The van der Waals surface area contributed by atoms with Crippen molar-refractivity contribution >= 4 is 0 Å². The van der Waals surface area contributed by atoms with Crippen LogP contribution in [0.25, 0.3) is 0 Å². The van der Waals surface area contributed by atoms with Crippen LogP contribution in [0, 0.1) is 0 Å². The van der Waals surface area contributed by atoms with E-state index in [2.05, 4.69) is 0 Å². The van der Waals surface area contributed by atoms with Crippen LogP contribution in [-0.4, -0.2) is 10.2 Å². The standard InChI is InChI=1S/C14H16O3/c1-10(11-2-4-12(15)5-3-11)17-14-8-6-13(16)7-9-14/h2-6,8,10,15-16H,7,9H2,1H3. The molecule has 0 bridgehead atoms. The second-order valence-electron chi connectivity index (χ2n) is 4.14. The zero-order valence-electron chi connectivity index (χ0n) is 9.76.